The molecule has 0 aromatic heterocycles. The Kier molecular flexibility index (Phi) is 21.5. The highest BCUT2D eigenvalue weighted by Crippen LogP contribution is 2.11. The average Bonchev–Trinajstić information content (AvgIpc) is 2.36. The molecular weight excluding hydrogens is 351 g/mol. The Morgan fingerprint density at radius 3 is 1.33 bits per heavy atom. The highest BCUT2D eigenvalue weighted by atomic mass is 127. The van der Waals surface area contributed by atoms with Crippen molar-refractivity contribution < 1.29 is 24.0 Å². The van der Waals surface area contributed by atoms with Crippen molar-refractivity contribution in [1.29, 1.82) is 0 Å². The molecule has 0 aliphatic heterocycles. The molecule has 0 nitrogen and oxygen atoms in total. The maximum Gasteiger partial charge on any atom is 0.108 e. The van der Waals surface area contributed by atoms with Gasteiger partial charge in [-0.25, -0.2) is 0 Å². The molecule has 0 aromatic rings. The number of halogens is 1. The smallest absolute Gasteiger partial charge is 0.108 e. The van der Waals surface area contributed by atoms with Crippen LogP contribution in [0.4, 0.5) is 0 Å². The first-order valence-electron chi connectivity index (χ1n) is 7.99. The zero-order valence-corrected chi connectivity index (χ0v) is 16.0. The summed E-state index contributed by atoms with van der Waals surface area (Å²) in [6.45, 7) is 6.99. The molecule has 0 aliphatic rings. The van der Waals surface area contributed by atoms with Crippen LogP contribution < -0.4 is 24.0 Å². The van der Waals surface area contributed by atoms with E-state index >= 15 is 0 Å². The molecule has 0 saturated heterocycles. The van der Waals surface area contributed by atoms with Gasteiger partial charge in [-0.2, -0.15) is 0 Å². The topological polar surface area (TPSA) is 0 Å². The third-order valence-electron chi connectivity index (χ3n) is 3.60. The van der Waals surface area contributed by atoms with Gasteiger partial charge in [-0.15, -0.1) is 0 Å². The highest BCUT2D eigenvalue weighted by Gasteiger charge is 2.10. The van der Waals surface area contributed by atoms with E-state index in [1.165, 1.54) is 81.5 Å². The summed E-state index contributed by atoms with van der Waals surface area (Å²) in [7, 11) is 0.749. The lowest BCUT2D eigenvalue weighted by atomic mass is 10.1. The van der Waals surface area contributed by atoms with Crippen molar-refractivity contribution in [3.8, 4) is 0 Å². The number of hydrogen-bond acceptors (Lipinski definition) is 0. The maximum atomic E-state index is 2.35. The van der Waals surface area contributed by atoms with Gasteiger partial charge in [0.05, 0.1) is 0 Å². The first-order valence-corrected chi connectivity index (χ1v) is 9.72. The van der Waals surface area contributed by atoms with Crippen LogP contribution in [0.5, 0.6) is 0 Å². The van der Waals surface area contributed by atoms with Crippen LogP contribution in [0, 0.1) is 0 Å². The van der Waals surface area contributed by atoms with Gasteiger partial charge in [-0.1, -0.05) is 58.3 Å². The van der Waals surface area contributed by atoms with Gasteiger partial charge in [0.1, 0.15) is 17.3 Å². The largest absolute Gasteiger partial charge is 1.00 e. The Bertz CT molecular complexity index is 135. The second kappa shape index (κ2) is 18.1. The summed E-state index contributed by atoms with van der Waals surface area (Å²) in [5, 5.41) is 0. The summed E-state index contributed by atoms with van der Waals surface area (Å²) in [5.41, 5.74) is 0. The molecule has 112 valence electrons. The summed E-state index contributed by atoms with van der Waals surface area (Å²) >= 11 is 0. The van der Waals surface area contributed by atoms with E-state index in [4.69, 9.17) is 0 Å². The molecule has 0 amide bonds. The Hall–Kier alpha value is 1.08. The average molecular weight is 386 g/mol. The third kappa shape index (κ3) is 15.1. The minimum Gasteiger partial charge on any atom is -1.00 e. The van der Waals surface area contributed by atoms with E-state index in [9.17, 15) is 0 Å². The van der Waals surface area contributed by atoms with Crippen molar-refractivity contribution >= 4 is 10.9 Å². The quantitative estimate of drug-likeness (QED) is 0.259. The molecule has 0 heterocycles. The molecule has 0 aromatic carbocycles. The zero-order valence-electron chi connectivity index (χ0n) is 13.0. The van der Waals surface area contributed by atoms with E-state index in [0.29, 0.717) is 0 Å². The van der Waals surface area contributed by atoms with E-state index in [-0.39, 0.29) is 24.0 Å². The van der Waals surface area contributed by atoms with Crippen LogP contribution in [-0.4, -0.2) is 17.3 Å². The molecule has 0 atom stereocenters. The van der Waals surface area contributed by atoms with Gasteiger partial charge in [0.2, 0.25) is 0 Å². The lowest BCUT2D eigenvalue weighted by Crippen LogP contribution is -3.00. The lowest BCUT2D eigenvalue weighted by molar-refractivity contribution is -0.00000389. The van der Waals surface area contributed by atoms with E-state index in [1.54, 1.807) is 0 Å². The molecule has 0 aliphatic carbocycles. The summed E-state index contributed by atoms with van der Waals surface area (Å²) in [6, 6.07) is 0. The van der Waals surface area contributed by atoms with Gasteiger partial charge in [0.25, 0.3) is 0 Å². The fourth-order valence-corrected chi connectivity index (χ4v) is 3.88. The fourth-order valence-electron chi connectivity index (χ4n) is 2.29. The number of hydrogen-bond donors (Lipinski definition) is 0. The van der Waals surface area contributed by atoms with Gasteiger partial charge in [-0.05, 0) is 37.6 Å². The van der Waals surface area contributed by atoms with Crippen LogP contribution in [-0.2, 0) is 10.9 Å². The van der Waals surface area contributed by atoms with E-state index in [2.05, 4.69) is 20.8 Å². The molecule has 0 unspecified atom stereocenters. The number of rotatable bonds is 13. The van der Waals surface area contributed by atoms with Crippen LogP contribution in [0.3, 0.4) is 0 Å². The Morgan fingerprint density at radius 2 is 0.944 bits per heavy atom. The monoisotopic (exact) mass is 386 g/mol. The first-order chi connectivity index (χ1) is 8.35. The molecular formula is C16H35IS. The van der Waals surface area contributed by atoms with Crippen molar-refractivity contribution in [2.24, 2.45) is 0 Å². The fraction of sp³-hybridized carbons (Fsp3) is 1.00. The molecule has 0 fully saturated rings. The van der Waals surface area contributed by atoms with E-state index in [1.807, 2.05) is 0 Å². The van der Waals surface area contributed by atoms with Gasteiger partial charge in [0, 0.05) is 0 Å². The Morgan fingerprint density at radius 1 is 0.556 bits per heavy atom. The third-order valence-corrected chi connectivity index (χ3v) is 6.10. The van der Waals surface area contributed by atoms with Crippen molar-refractivity contribution in [2.75, 3.05) is 17.3 Å². The van der Waals surface area contributed by atoms with Gasteiger partial charge >= 0.3 is 0 Å². The molecule has 0 spiro atoms. The first kappa shape index (κ1) is 21.4. The SMILES string of the molecule is CCCCCCCCCCCC[S+](CC)CC.[I-]. The second-order valence-corrected chi connectivity index (χ2v) is 7.86. The zero-order chi connectivity index (χ0) is 12.8. The number of unbranched alkanes of at least 4 members (excludes halogenated alkanes) is 9. The highest BCUT2D eigenvalue weighted by molar-refractivity contribution is 7.96. The van der Waals surface area contributed by atoms with Crippen LogP contribution >= 0.6 is 0 Å². The van der Waals surface area contributed by atoms with E-state index in [0.717, 1.165) is 10.9 Å². The van der Waals surface area contributed by atoms with Crippen molar-refractivity contribution in [3.63, 3.8) is 0 Å². The van der Waals surface area contributed by atoms with Crippen molar-refractivity contribution in [2.45, 2.75) is 85.0 Å². The Labute approximate surface area is 136 Å². The molecule has 0 N–H and O–H groups in total. The minimum atomic E-state index is 0. The standard InChI is InChI=1S/C16H35S.HI/c1-4-7-8-9-10-11-12-13-14-15-16-17(5-2)6-3;/h4-16H2,1-3H3;1H/q+1;/p-1. The Balaban J connectivity index is 0. The van der Waals surface area contributed by atoms with Crippen LogP contribution in [0.1, 0.15) is 85.0 Å². The van der Waals surface area contributed by atoms with Gasteiger partial charge in [-0.3, -0.25) is 0 Å². The van der Waals surface area contributed by atoms with E-state index < -0.39 is 0 Å². The summed E-state index contributed by atoms with van der Waals surface area (Å²) in [6.07, 6.45) is 14.7. The molecule has 18 heavy (non-hydrogen) atoms. The minimum absolute atomic E-state index is 0. The van der Waals surface area contributed by atoms with Gasteiger partial charge < -0.3 is 24.0 Å². The molecule has 0 bridgehead atoms. The van der Waals surface area contributed by atoms with Crippen LogP contribution in [0.2, 0.25) is 0 Å². The molecule has 0 radical (unpaired) electrons. The van der Waals surface area contributed by atoms with Gasteiger partial charge in [0.15, 0.2) is 0 Å². The molecule has 0 rings (SSSR count). The predicted molar refractivity (Wildman–Crippen MR) is 85.2 cm³/mol. The summed E-state index contributed by atoms with van der Waals surface area (Å²) in [5.74, 6) is 4.32. The summed E-state index contributed by atoms with van der Waals surface area (Å²) < 4.78 is 0. The normalized spacial score (nSPS) is 10.7. The maximum absolute atomic E-state index is 2.35. The van der Waals surface area contributed by atoms with Crippen molar-refractivity contribution in [3.05, 3.63) is 0 Å². The predicted octanol–water partition coefficient (Wildman–Crippen LogP) is 2.57. The summed E-state index contributed by atoms with van der Waals surface area (Å²) in [4.78, 5) is 0. The second-order valence-electron chi connectivity index (χ2n) is 5.08. The lowest BCUT2D eigenvalue weighted by Gasteiger charge is -2.04. The molecule has 2 heteroatoms. The van der Waals surface area contributed by atoms with Crippen LogP contribution in [0.15, 0.2) is 0 Å². The van der Waals surface area contributed by atoms with Crippen molar-refractivity contribution in [1.82, 2.24) is 0 Å². The van der Waals surface area contributed by atoms with Crippen LogP contribution in [0.25, 0.3) is 0 Å². The molecule has 0 saturated carbocycles.